The zero-order valence-corrected chi connectivity index (χ0v) is 22.7. The molecule has 5 rings (SSSR count). The number of benzene rings is 2. The third kappa shape index (κ3) is 7.02. The predicted molar refractivity (Wildman–Crippen MR) is 149 cm³/mol. The third-order valence-electron chi connectivity index (χ3n) is 9.00. The molecule has 0 aromatic heterocycles. The molecule has 2 saturated heterocycles. The Morgan fingerprint density at radius 2 is 1.87 bits per heavy atom. The second-order valence-electron chi connectivity index (χ2n) is 11.7. The van der Waals surface area contributed by atoms with Crippen LogP contribution in [0.1, 0.15) is 74.8 Å². The molecular weight excluding hydrogens is 500 g/mol. The van der Waals surface area contributed by atoms with Crippen LogP contribution in [0.25, 0.3) is 0 Å². The molecule has 6 nitrogen and oxygen atoms in total. The molecule has 2 aromatic rings. The number of hydrogen-bond donors (Lipinski definition) is 2. The molecule has 1 aliphatic carbocycles. The number of carbonyl (C=O) groups excluding carboxylic acids is 1. The fourth-order valence-corrected chi connectivity index (χ4v) is 6.51. The van der Waals surface area contributed by atoms with E-state index >= 15 is 0 Å². The largest absolute Gasteiger partial charge is 0.490 e. The zero-order chi connectivity index (χ0) is 27.1. The van der Waals surface area contributed by atoms with Crippen LogP contribution in [0.4, 0.5) is 14.6 Å². The average Bonchev–Trinajstić information content (AvgIpc) is 2.95. The summed E-state index contributed by atoms with van der Waals surface area (Å²) in [5.41, 5.74) is 3.33. The van der Waals surface area contributed by atoms with Gasteiger partial charge in [-0.05, 0) is 67.6 Å². The van der Waals surface area contributed by atoms with Crippen LogP contribution in [0.2, 0.25) is 0 Å². The molecule has 2 N–H and O–H groups in total. The molecule has 1 amide bonds. The lowest BCUT2D eigenvalue weighted by molar-refractivity contribution is -0.109. The lowest BCUT2D eigenvalue weighted by Gasteiger charge is -2.49. The van der Waals surface area contributed by atoms with Crippen molar-refractivity contribution in [3.63, 3.8) is 0 Å². The van der Waals surface area contributed by atoms with Crippen molar-refractivity contribution in [2.75, 3.05) is 37.6 Å². The Balaban J connectivity index is 1.25. The molecule has 212 valence electrons. The molecule has 2 heterocycles. The minimum atomic E-state index is -0.309. The van der Waals surface area contributed by atoms with Gasteiger partial charge < -0.3 is 20.3 Å². The molecule has 3 aliphatic rings. The first-order valence-electron chi connectivity index (χ1n) is 14.6. The molecule has 39 heavy (non-hydrogen) atoms. The normalized spacial score (nSPS) is 19.8. The summed E-state index contributed by atoms with van der Waals surface area (Å²) < 4.78 is 34.3. The van der Waals surface area contributed by atoms with E-state index in [4.69, 9.17) is 4.74 Å². The third-order valence-corrected chi connectivity index (χ3v) is 9.00. The van der Waals surface area contributed by atoms with Crippen LogP contribution in [-0.4, -0.2) is 45.2 Å². The standard InChI is InChI=1S/C31H41F2N3O3/c32-25-17-26(36-14-11-31(12-15-36)20-35-21-31)19-28(18-25)38-27(10-13-34-22-37)8-6-23-7-9-30(39-33)29(16-23)24-4-2-1-3-5-24/h7,9,16-19,22,24,27,35H,1-6,8,10-15,20-21H2,(H,34,37). The van der Waals surface area contributed by atoms with Gasteiger partial charge in [-0.3, -0.25) is 9.74 Å². The average molecular weight is 542 g/mol. The summed E-state index contributed by atoms with van der Waals surface area (Å²) in [6.45, 7) is 4.47. The van der Waals surface area contributed by atoms with Gasteiger partial charge in [-0.15, -0.1) is 0 Å². The molecule has 3 fully saturated rings. The number of aryl methyl sites for hydroxylation is 1. The van der Waals surface area contributed by atoms with Crippen molar-refractivity contribution in [1.29, 1.82) is 0 Å². The molecule has 8 heteroatoms. The first-order chi connectivity index (χ1) is 19.1. The fraction of sp³-hybridized carbons (Fsp3) is 0.581. The van der Waals surface area contributed by atoms with E-state index in [1.165, 1.54) is 12.5 Å². The SMILES string of the molecule is O=CNCCC(CCc1ccc(OF)c(C2CCCCC2)c1)Oc1cc(F)cc(N2CCC3(CC2)CNC3)c1. The molecule has 2 aromatic carbocycles. The summed E-state index contributed by atoms with van der Waals surface area (Å²) in [5.74, 6) is 0.843. The number of carbonyl (C=O) groups is 1. The van der Waals surface area contributed by atoms with Gasteiger partial charge in [-0.25, -0.2) is 4.39 Å². The van der Waals surface area contributed by atoms with Gasteiger partial charge in [0.1, 0.15) is 17.7 Å². The van der Waals surface area contributed by atoms with Gasteiger partial charge in [-0.2, -0.15) is 0 Å². The highest BCUT2D eigenvalue weighted by molar-refractivity contribution is 5.52. The molecule has 0 radical (unpaired) electrons. The van der Waals surface area contributed by atoms with Crippen molar-refractivity contribution in [3.05, 3.63) is 53.3 Å². The van der Waals surface area contributed by atoms with Gasteiger partial charge in [0.2, 0.25) is 6.41 Å². The van der Waals surface area contributed by atoms with Crippen LogP contribution in [0.5, 0.6) is 11.5 Å². The Labute approximate surface area is 230 Å². The van der Waals surface area contributed by atoms with Crippen LogP contribution < -0.4 is 25.2 Å². The number of nitrogens with one attached hydrogen (secondary N) is 2. The summed E-state index contributed by atoms with van der Waals surface area (Å²) in [7, 11) is 0. The van der Waals surface area contributed by atoms with E-state index in [0.717, 1.165) is 87.9 Å². The van der Waals surface area contributed by atoms with Crippen molar-refractivity contribution >= 4 is 12.1 Å². The lowest BCUT2D eigenvalue weighted by Crippen LogP contribution is -2.58. The number of nitrogens with zero attached hydrogens (tertiary/aromatic N) is 1. The minimum absolute atomic E-state index is 0.215. The zero-order valence-electron chi connectivity index (χ0n) is 22.7. The summed E-state index contributed by atoms with van der Waals surface area (Å²) in [5, 5.41) is 6.10. The van der Waals surface area contributed by atoms with Gasteiger partial charge in [0.15, 0.2) is 5.75 Å². The number of anilines is 1. The van der Waals surface area contributed by atoms with Crippen molar-refractivity contribution in [2.24, 2.45) is 5.41 Å². The molecule has 1 unspecified atom stereocenters. The van der Waals surface area contributed by atoms with E-state index in [9.17, 15) is 13.7 Å². The molecule has 1 saturated carbocycles. The maximum atomic E-state index is 14.7. The molecule has 0 bridgehead atoms. The monoisotopic (exact) mass is 541 g/mol. The predicted octanol–water partition coefficient (Wildman–Crippen LogP) is 5.84. The maximum absolute atomic E-state index is 14.7. The first kappa shape index (κ1) is 27.7. The Bertz CT molecular complexity index is 1090. The van der Waals surface area contributed by atoms with Gasteiger partial charge >= 0.3 is 0 Å². The highest BCUT2D eigenvalue weighted by Gasteiger charge is 2.39. The van der Waals surface area contributed by atoms with Gasteiger partial charge in [0.05, 0.1) is 0 Å². The summed E-state index contributed by atoms with van der Waals surface area (Å²) in [6.07, 6.45) is 10.4. The molecule has 1 spiro atoms. The molecular formula is C31H41F2N3O3. The van der Waals surface area contributed by atoms with Crippen molar-refractivity contribution in [3.8, 4) is 11.5 Å². The summed E-state index contributed by atoms with van der Waals surface area (Å²) >= 11 is 0. The number of rotatable bonds is 12. The number of amides is 1. The highest BCUT2D eigenvalue weighted by Crippen LogP contribution is 2.39. The van der Waals surface area contributed by atoms with Crippen molar-refractivity contribution in [1.82, 2.24) is 10.6 Å². The lowest BCUT2D eigenvalue weighted by atomic mass is 9.73. The summed E-state index contributed by atoms with van der Waals surface area (Å²) in [4.78, 5) is 17.3. The van der Waals surface area contributed by atoms with E-state index in [-0.39, 0.29) is 11.9 Å². The Kier molecular flexibility index (Phi) is 9.22. The number of ether oxygens (including phenoxy) is 1. The summed E-state index contributed by atoms with van der Waals surface area (Å²) in [6, 6.07) is 10.7. The van der Waals surface area contributed by atoms with Crippen LogP contribution in [0, 0.1) is 11.2 Å². The highest BCUT2D eigenvalue weighted by atomic mass is 19.3. The molecule has 2 aliphatic heterocycles. The Morgan fingerprint density at radius 1 is 1.08 bits per heavy atom. The van der Waals surface area contributed by atoms with Crippen molar-refractivity contribution in [2.45, 2.75) is 76.2 Å². The first-order valence-corrected chi connectivity index (χ1v) is 14.6. The maximum Gasteiger partial charge on any atom is 0.207 e. The molecule has 1 atom stereocenters. The topological polar surface area (TPSA) is 62.8 Å². The fourth-order valence-electron chi connectivity index (χ4n) is 6.51. The number of piperidine rings is 1. The minimum Gasteiger partial charge on any atom is -0.490 e. The second-order valence-corrected chi connectivity index (χ2v) is 11.7. The van der Waals surface area contributed by atoms with E-state index in [0.29, 0.717) is 48.6 Å². The van der Waals surface area contributed by atoms with E-state index in [2.05, 4.69) is 26.5 Å². The van der Waals surface area contributed by atoms with Crippen LogP contribution in [-0.2, 0) is 11.2 Å². The van der Waals surface area contributed by atoms with Crippen molar-refractivity contribution < 1.29 is 23.4 Å². The van der Waals surface area contributed by atoms with E-state index in [1.54, 1.807) is 12.1 Å². The van der Waals surface area contributed by atoms with E-state index < -0.39 is 0 Å². The van der Waals surface area contributed by atoms with Crippen LogP contribution in [0.3, 0.4) is 0 Å². The Hall–Kier alpha value is -2.87. The van der Waals surface area contributed by atoms with Crippen LogP contribution in [0.15, 0.2) is 36.4 Å². The quantitative estimate of drug-likeness (QED) is 0.261. The van der Waals surface area contributed by atoms with Gasteiger partial charge in [0.25, 0.3) is 0 Å². The number of halogens is 2. The van der Waals surface area contributed by atoms with E-state index in [1.807, 2.05) is 12.1 Å². The second kappa shape index (κ2) is 13.0. The smallest absolute Gasteiger partial charge is 0.207 e. The van der Waals surface area contributed by atoms with Crippen LogP contribution >= 0.6 is 0 Å². The van der Waals surface area contributed by atoms with Gasteiger partial charge in [0, 0.05) is 67.1 Å². The Morgan fingerprint density at radius 3 is 2.56 bits per heavy atom. The number of hydrogen-bond acceptors (Lipinski definition) is 5. The van der Waals surface area contributed by atoms with Gasteiger partial charge in [-0.1, -0.05) is 31.4 Å².